The first-order valence-corrected chi connectivity index (χ1v) is 8.94. The summed E-state index contributed by atoms with van der Waals surface area (Å²) in [6.45, 7) is 3.79. The number of benzene rings is 1. The molecule has 24 heavy (non-hydrogen) atoms. The summed E-state index contributed by atoms with van der Waals surface area (Å²) in [5.41, 5.74) is 0.836. The molecule has 8 heteroatoms. The lowest BCUT2D eigenvalue weighted by molar-refractivity contribution is -0.119. The molecule has 2 rings (SSSR count). The molecule has 1 heterocycles. The van der Waals surface area contributed by atoms with Crippen LogP contribution in [0.3, 0.4) is 0 Å². The molecule has 0 radical (unpaired) electrons. The van der Waals surface area contributed by atoms with Gasteiger partial charge in [0.05, 0.1) is 12.8 Å². The molecule has 0 aliphatic carbocycles. The van der Waals surface area contributed by atoms with Crippen molar-refractivity contribution in [2.75, 3.05) is 14.2 Å². The number of rotatable bonds is 5. The molecule has 7 nitrogen and oxygen atoms in total. The standard InChI is InChI=1S/C16H21N3O4S/c1-5-11(2)17-16(20)15-10-14(18-24(21,22)19(15)3)12-6-8-13(23-4)9-7-12/h6-11H,5H2,1-4H3,(H,17,20)/t11-/m0/s1. The number of carbonyl (C=O) groups is 1. The van der Waals surface area contributed by atoms with Gasteiger partial charge in [-0.1, -0.05) is 6.92 Å². The van der Waals surface area contributed by atoms with E-state index >= 15 is 0 Å². The SMILES string of the molecule is CC[C@H](C)NC(=O)C1=CC(c2ccc(OC)cc2)=NS(=O)(=O)N1C. The first-order valence-electron chi connectivity index (χ1n) is 7.54. The van der Waals surface area contributed by atoms with Gasteiger partial charge in [-0.05, 0) is 43.7 Å². The van der Waals surface area contributed by atoms with Crippen LogP contribution in [0.1, 0.15) is 25.8 Å². The predicted molar refractivity (Wildman–Crippen MR) is 92.2 cm³/mol. The fraction of sp³-hybridized carbons (Fsp3) is 0.375. The Kier molecular flexibility index (Phi) is 5.28. The predicted octanol–water partition coefficient (Wildman–Crippen LogP) is 1.47. The minimum Gasteiger partial charge on any atom is -0.497 e. The zero-order valence-electron chi connectivity index (χ0n) is 14.1. The molecule has 0 unspecified atom stereocenters. The van der Waals surface area contributed by atoms with E-state index in [1.165, 1.54) is 13.1 Å². The van der Waals surface area contributed by atoms with Crippen LogP contribution >= 0.6 is 0 Å². The van der Waals surface area contributed by atoms with Crippen molar-refractivity contribution < 1.29 is 17.9 Å². The normalized spacial score (nSPS) is 17.6. The zero-order valence-corrected chi connectivity index (χ0v) is 14.9. The van der Waals surface area contributed by atoms with Crippen LogP contribution in [0.15, 0.2) is 40.4 Å². The molecule has 1 aliphatic rings. The average Bonchev–Trinajstić information content (AvgIpc) is 2.56. The second-order valence-corrected chi connectivity index (χ2v) is 7.09. The molecule has 1 aromatic carbocycles. The molecule has 0 saturated heterocycles. The fourth-order valence-corrected chi connectivity index (χ4v) is 2.98. The van der Waals surface area contributed by atoms with Gasteiger partial charge in [-0.3, -0.25) is 4.79 Å². The van der Waals surface area contributed by atoms with Crippen LogP contribution < -0.4 is 10.1 Å². The molecule has 0 spiro atoms. The monoisotopic (exact) mass is 351 g/mol. The van der Waals surface area contributed by atoms with Crippen LogP contribution in [0.4, 0.5) is 0 Å². The minimum atomic E-state index is -3.95. The Morgan fingerprint density at radius 2 is 1.96 bits per heavy atom. The Labute approximate surface area is 142 Å². The number of nitrogens with one attached hydrogen (secondary N) is 1. The molecule has 1 amide bonds. The lowest BCUT2D eigenvalue weighted by Gasteiger charge is -2.24. The van der Waals surface area contributed by atoms with Gasteiger partial charge in [-0.25, -0.2) is 4.31 Å². The van der Waals surface area contributed by atoms with E-state index in [2.05, 4.69) is 9.71 Å². The summed E-state index contributed by atoms with van der Waals surface area (Å²) in [7, 11) is -1.09. The van der Waals surface area contributed by atoms with Crippen LogP contribution in [0, 0.1) is 0 Å². The van der Waals surface area contributed by atoms with Gasteiger partial charge < -0.3 is 10.1 Å². The second-order valence-electron chi connectivity index (χ2n) is 5.46. The molecule has 0 saturated carbocycles. The number of hydrogen-bond donors (Lipinski definition) is 1. The number of amides is 1. The third-order valence-electron chi connectivity index (χ3n) is 3.78. The van der Waals surface area contributed by atoms with Crippen molar-refractivity contribution in [3.63, 3.8) is 0 Å². The Morgan fingerprint density at radius 3 is 2.50 bits per heavy atom. The molecule has 0 aromatic heterocycles. The Hall–Kier alpha value is -2.35. The smallest absolute Gasteiger partial charge is 0.345 e. The van der Waals surface area contributed by atoms with Gasteiger partial charge in [0.1, 0.15) is 11.4 Å². The van der Waals surface area contributed by atoms with Gasteiger partial charge in [-0.2, -0.15) is 8.42 Å². The minimum absolute atomic E-state index is 0.0381. The first kappa shape index (κ1) is 18.0. The number of allylic oxidation sites excluding steroid dienone is 1. The van der Waals surface area contributed by atoms with E-state index in [9.17, 15) is 13.2 Å². The highest BCUT2D eigenvalue weighted by atomic mass is 32.2. The van der Waals surface area contributed by atoms with Gasteiger partial charge in [-0.15, -0.1) is 4.40 Å². The molecule has 1 atom stereocenters. The molecular weight excluding hydrogens is 330 g/mol. The van der Waals surface area contributed by atoms with Gasteiger partial charge in [0.15, 0.2) is 0 Å². The summed E-state index contributed by atoms with van der Waals surface area (Å²) in [5, 5.41) is 2.77. The highest BCUT2D eigenvalue weighted by molar-refractivity contribution is 7.88. The Bertz CT molecular complexity index is 782. The van der Waals surface area contributed by atoms with E-state index < -0.39 is 16.1 Å². The van der Waals surface area contributed by atoms with E-state index in [0.29, 0.717) is 11.3 Å². The van der Waals surface area contributed by atoms with E-state index in [1.54, 1.807) is 31.4 Å². The molecule has 0 bridgehead atoms. The number of ether oxygens (including phenoxy) is 1. The summed E-state index contributed by atoms with van der Waals surface area (Å²) in [6.07, 6.45) is 2.22. The van der Waals surface area contributed by atoms with Crippen LogP contribution in [-0.4, -0.2) is 44.5 Å². The van der Waals surface area contributed by atoms with Gasteiger partial charge in [0.25, 0.3) is 5.91 Å². The van der Waals surface area contributed by atoms with Gasteiger partial charge >= 0.3 is 10.2 Å². The number of carbonyl (C=O) groups excluding carboxylic acids is 1. The number of nitrogens with zero attached hydrogens (tertiary/aromatic N) is 2. The number of hydrogen-bond acceptors (Lipinski definition) is 4. The van der Waals surface area contributed by atoms with Crippen molar-refractivity contribution in [2.24, 2.45) is 4.40 Å². The van der Waals surface area contributed by atoms with E-state index in [-0.39, 0.29) is 17.5 Å². The van der Waals surface area contributed by atoms with Crippen LogP contribution in [0.2, 0.25) is 0 Å². The topological polar surface area (TPSA) is 88.1 Å². The molecular formula is C16H21N3O4S. The highest BCUT2D eigenvalue weighted by Gasteiger charge is 2.30. The van der Waals surface area contributed by atoms with Crippen molar-refractivity contribution in [1.82, 2.24) is 9.62 Å². The lowest BCUT2D eigenvalue weighted by atomic mass is 10.1. The maximum Gasteiger partial charge on any atom is 0.345 e. The lowest BCUT2D eigenvalue weighted by Crippen LogP contribution is -2.41. The van der Waals surface area contributed by atoms with E-state index in [4.69, 9.17) is 4.74 Å². The summed E-state index contributed by atoms with van der Waals surface area (Å²) in [4.78, 5) is 12.4. The number of methoxy groups -OCH3 is 1. The summed E-state index contributed by atoms with van der Waals surface area (Å²) in [5.74, 6) is 0.199. The molecule has 1 aromatic rings. The molecule has 1 N–H and O–H groups in total. The third-order valence-corrected chi connectivity index (χ3v) is 5.10. The van der Waals surface area contributed by atoms with Crippen LogP contribution in [-0.2, 0) is 15.0 Å². The largest absolute Gasteiger partial charge is 0.497 e. The van der Waals surface area contributed by atoms with Crippen molar-refractivity contribution in [2.45, 2.75) is 26.3 Å². The second kappa shape index (κ2) is 7.04. The zero-order chi connectivity index (χ0) is 17.9. The summed E-state index contributed by atoms with van der Waals surface area (Å²) in [6, 6.07) is 6.74. The van der Waals surface area contributed by atoms with Crippen molar-refractivity contribution in [1.29, 1.82) is 0 Å². The fourth-order valence-electron chi connectivity index (χ4n) is 2.06. The van der Waals surface area contributed by atoms with E-state index in [0.717, 1.165) is 10.7 Å². The molecule has 130 valence electrons. The van der Waals surface area contributed by atoms with Crippen LogP contribution in [0.5, 0.6) is 5.75 Å². The number of likely N-dealkylation sites (N-methyl/N-ethyl adjacent to an activating group) is 1. The maximum atomic E-state index is 12.4. The first-order chi connectivity index (χ1) is 11.3. The van der Waals surface area contributed by atoms with Crippen molar-refractivity contribution in [3.05, 3.63) is 41.6 Å². The van der Waals surface area contributed by atoms with Crippen LogP contribution in [0.25, 0.3) is 0 Å². The molecule has 1 aliphatic heterocycles. The van der Waals surface area contributed by atoms with Crippen molar-refractivity contribution in [3.8, 4) is 5.75 Å². The Morgan fingerprint density at radius 1 is 1.33 bits per heavy atom. The average molecular weight is 351 g/mol. The van der Waals surface area contributed by atoms with E-state index in [1.807, 2.05) is 13.8 Å². The Balaban J connectivity index is 2.41. The summed E-state index contributed by atoms with van der Waals surface area (Å²) < 4.78 is 34.2. The van der Waals surface area contributed by atoms with Crippen molar-refractivity contribution >= 4 is 21.8 Å². The van der Waals surface area contributed by atoms with Gasteiger partial charge in [0, 0.05) is 18.7 Å². The quantitative estimate of drug-likeness (QED) is 0.870. The molecule has 0 fully saturated rings. The summed E-state index contributed by atoms with van der Waals surface area (Å²) >= 11 is 0. The third kappa shape index (κ3) is 3.76. The maximum absolute atomic E-state index is 12.4. The van der Waals surface area contributed by atoms with Gasteiger partial charge in [0.2, 0.25) is 0 Å². The highest BCUT2D eigenvalue weighted by Crippen LogP contribution is 2.21.